The molecule has 0 atom stereocenters. The van der Waals surface area contributed by atoms with Crippen molar-refractivity contribution in [1.29, 1.82) is 0 Å². The Morgan fingerprint density at radius 3 is 2.70 bits per heavy atom. The van der Waals surface area contributed by atoms with Crippen LogP contribution in [0.2, 0.25) is 0 Å². The molecule has 0 aliphatic heterocycles. The molecule has 2 rings (SSSR count). The summed E-state index contributed by atoms with van der Waals surface area (Å²) in [5.41, 5.74) is 0.752. The molecule has 4 heteroatoms. The number of hydrogen-bond acceptors (Lipinski definition) is 3. The summed E-state index contributed by atoms with van der Waals surface area (Å²) in [6, 6.07) is 4.53. The Kier molecular flexibility index (Phi) is 5.24. The molecular weight excluding hydrogens is 257 g/mol. The van der Waals surface area contributed by atoms with E-state index in [1.54, 1.807) is 6.07 Å². The fourth-order valence-corrected chi connectivity index (χ4v) is 2.89. The van der Waals surface area contributed by atoms with Gasteiger partial charge in [-0.2, -0.15) is 0 Å². The Bertz CT molecular complexity index is 430. The van der Waals surface area contributed by atoms with Gasteiger partial charge in [-0.3, -0.25) is 0 Å². The van der Waals surface area contributed by atoms with E-state index >= 15 is 0 Å². The van der Waals surface area contributed by atoms with Crippen LogP contribution in [0.5, 0.6) is 5.75 Å². The normalized spacial score (nSPS) is 17.8. The van der Waals surface area contributed by atoms with Crippen molar-refractivity contribution in [2.45, 2.75) is 39.0 Å². The first-order valence-electron chi connectivity index (χ1n) is 7.46. The molecule has 0 unspecified atom stereocenters. The predicted octanol–water partition coefficient (Wildman–Crippen LogP) is 3.58. The summed E-state index contributed by atoms with van der Waals surface area (Å²) in [5, 5.41) is 13.0. The number of rotatable bonds is 6. The SMILES string of the molecule is CCOc1cc(F)ccc1NCC1(CO)CCCCC1. The van der Waals surface area contributed by atoms with Crippen LogP contribution in [0.1, 0.15) is 39.0 Å². The third kappa shape index (κ3) is 3.63. The molecule has 0 spiro atoms. The zero-order chi connectivity index (χ0) is 14.4. The van der Waals surface area contributed by atoms with Crippen molar-refractivity contribution >= 4 is 5.69 Å². The second-order valence-electron chi connectivity index (χ2n) is 5.65. The molecule has 0 bridgehead atoms. The van der Waals surface area contributed by atoms with E-state index in [1.807, 2.05) is 6.92 Å². The van der Waals surface area contributed by atoms with E-state index in [0.29, 0.717) is 18.9 Å². The van der Waals surface area contributed by atoms with Crippen LogP contribution in [0.15, 0.2) is 18.2 Å². The number of halogens is 1. The summed E-state index contributed by atoms with van der Waals surface area (Å²) >= 11 is 0. The lowest BCUT2D eigenvalue weighted by Crippen LogP contribution is -2.35. The first-order valence-corrected chi connectivity index (χ1v) is 7.46. The van der Waals surface area contributed by atoms with Gasteiger partial charge < -0.3 is 15.2 Å². The minimum absolute atomic E-state index is 0.0455. The van der Waals surface area contributed by atoms with Crippen LogP contribution in [0.3, 0.4) is 0 Å². The predicted molar refractivity (Wildman–Crippen MR) is 78.7 cm³/mol. The number of anilines is 1. The van der Waals surface area contributed by atoms with Gasteiger partial charge in [-0.15, -0.1) is 0 Å². The molecule has 1 fully saturated rings. The molecule has 20 heavy (non-hydrogen) atoms. The van der Waals surface area contributed by atoms with E-state index in [-0.39, 0.29) is 17.8 Å². The monoisotopic (exact) mass is 281 g/mol. The first-order chi connectivity index (χ1) is 9.69. The minimum Gasteiger partial charge on any atom is -0.492 e. The average Bonchev–Trinajstić information content (AvgIpc) is 2.48. The summed E-state index contributed by atoms with van der Waals surface area (Å²) < 4.78 is 18.7. The van der Waals surface area contributed by atoms with Gasteiger partial charge in [0.05, 0.1) is 18.9 Å². The van der Waals surface area contributed by atoms with Crippen LogP contribution in [-0.2, 0) is 0 Å². The lowest BCUT2D eigenvalue weighted by atomic mass is 9.74. The minimum atomic E-state index is -0.298. The van der Waals surface area contributed by atoms with Crippen molar-refractivity contribution in [3.8, 4) is 5.75 Å². The zero-order valence-corrected chi connectivity index (χ0v) is 12.1. The zero-order valence-electron chi connectivity index (χ0n) is 12.1. The number of ether oxygens (including phenoxy) is 1. The number of aliphatic hydroxyl groups excluding tert-OH is 1. The first kappa shape index (κ1) is 15.1. The van der Waals surface area contributed by atoms with Crippen molar-refractivity contribution in [3.63, 3.8) is 0 Å². The van der Waals surface area contributed by atoms with Crippen molar-refractivity contribution in [3.05, 3.63) is 24.0 Å². The van der Waals surface area contributed by atoms with Crippen LogP contribution in [0.25, 0.3) is 0 Å². The van der Waals surface area contributed by atoms with E-state index in [1.165, 1.54) is 31.4 Å². The Morgan fingerprint density at radius 1 is 1.30 bits per heavy atom. The second kappa shape index (κ2) is 6.93. The molecule has 0 aromatic heterocycles. The summed E-state index contributed by atoms with van der Waals surface area (Å²) in [7, 11) is 0. The highest BCUT2D eigenvalue weighted by molar-refractivity contribution is 5.56. The van der Waals surface area contributed by atoms with Gasteiger partial charge in [-0.1, -0.05) is 19.3 Å². The summed E-state index contributed by atoms with van der Waals surface area (Å²) in [4.78, 5) is 0. The van der Waals surface area contributed by atoms with Crippen LogP contribution in [-0.4, -0.2) is 24.9 Å². The van der Waals surface area contributed by atoms with Crippen LogP contribution >= 0.6 is 0 Å². The summed E-state index contributed by atoms with van der Waals surface area (Å²) in [6.45, 7) is 3.29. The molecule has 1 saturated carbocycles. The van der Waals surface area contributed by atoms with Gasteiger partial charge in [0, 0.05) is 18.0 Å². The molecule has 0 radical (unpaired) electrons. The molecule has 3 nitrogen and oxygen atoms in total. The fraction of sp³-hybridized carbons (Fsp3) is 0.625. The van der Waals surface area contributed by atoms with Gasteiger partial charge in [-0.25, -0.2) is 4.39 Å². The smallest absolute Gasteiger partial charge is 0.145 e. The Hall–Kier alpha value is -1.29. The Morgan fingerprint density at radius 2 is 2.05 bits per heavy atom. The number of aliphatic hydroxyl groups is 1. The molecule has 2 N–H and O–H groups in total. The summed E-state index contributed by atoms with van der Waals surface area (Å²) in [6.07, 6.45) is 5.68. The van der Waals surface area contributed by atoms with Crippen LogP contribution in [0.4, 0.5) is 10.1 Å². The maximum Gasteiger partial charge on any atom is 0.145 e. The third-order valence-corrected chi connectivity index (χ3v) is 4.15. The van der Waals surface area contributed by atoms with E-state index in [0.717, 1.165) is 18.5 Å². The third-order valence-electron chi connectivity index (χ3n) is 4.15. The van der Waals surface area contributed by atoms with Crippen molar-refractivity contribution < 1.29 is 14.2 Å². The van der Waals surface area contributed by atoms with Crippen LogP contribution < -0.4 is 10.1 Å². The molecule has 1 aromatic carbocycles. The van der Waals surface area contributed by atoms with E-state index in [2.05, 4.69) is 5.32 Å². The van der Waals surface area contributed by atoms with E-state index in [4.69, 9.17) is 4.74 Å². The van der Waals surface area contributed by atoms with Gasteiger partial charge >= 0.3 is 0 Å². The van der Waals surface area contributed by atoms with Crippen LogP contribution in [0, 0.1) is 11.2 Å². The standard InChI is InChI=1S/C16H24FNO2/c1-2-20-15-10-13(17)6-7-14(15)18-11-16(12-19)8-4-3-5-9-16/h6-7,10,18-19H,2-5,8-9,11-12H2,1H3. The largest absolute Gasteiger partial charge is 0.492 e. The highest BCUT2D eigenvalue weighted by Gasteiger charge is 2.31. The number of benzene rings is 1. The molecule has 0 amide bonds. The van der Waals surface area contributed by atoms with Gasteiger partial charge in [0.2, 0.25) is 0 Å². The maximum atomic E-state index is 13.3. The lowest BCUT2D eigenvalue weighted by Gasteiger charge is -2.36. The maximum absolute atomic E-state index is 13.3. The highest BCUT2D eigenvalue weighted by Crippen LogP contribution is 2.37. The molecule has 0 saturated heterocycles. The van der Waals surface area contributed by atoms with E-state index < -0.39 is 0 Å². The van der Waals surface area contributed by atoms with Gasteiger partial charge in [-0.05, 0) is 31.9 Å². The van der Waals surface area contributed by atoms with E-state index in [9.17, 15) is 9.50 Å². The van der Waals surface area contributed by atoms with Gasteiger partial charge in [0.25, 0.3) is 0 Å². The fourth-order valence-electron chi connectivity index (χ4n) is 2.89. The highest BCUT2D eigenvalue weighted by atomic mass is 19.1. The molecular formula is C16H24FNO2. The molecule has 1 aromatic rings. The molecule has 1 aliphatic carbocycles. The number of nitrogens with one attached hydrogen (secondary N) is 1. The summed E-state index contributed by atoms with van der Waals surface area (Å²) in [5.74, 6) is 0.241. The molecule has 1 aliphatic rings. The number of hydrogen-bond donors (Lipinski definition) is 2. The van der Waals surface area contributed by atoms with Gasteiger partial charge in [0.1, 0.15) is 11.6 Å². The topological polar surface area (TPSA) is 41.5 Å². The second-order valence-corrected chi connectivity index (χ2v) is 5.65. The molecule has 0 heterocycles. The quantitative estimate of drug-likeness (QED) is 0.837. The Balaban J connectivity index is 2.05. The van der Waals surface area contributed by atoms with Gasteiger partial charge in [0.15, 0.2) is 0 Å². The average molecular weight is 281 g/mol. The van der Waals surface area contributed by atoms with Crippen molar-refractivity contribution in [2.75, 3.05) is 25.1 Å². The lowest BCUT2D eigenvalue weighted by molar-refractivity contribution is 0.0943. The van der Waals surface area contributed by atoms with Crippen molar-refractivity contribution in [2.24, 2.45) is 5.41 Å². The van der Waals surface area contributed by atoms with Crippen molar-refractivity contribution in [1.82, 2.24) is 0 Å². The Labute approximate surface area is 120 Å². The molecule has 112 valence electrons.